The Hall–Kier alpha value is -2.14. The molecule has 0 bridgehead atoms. The molecule has 3 rings (SSSR count). The topological polar surface area (TPSA) is 61.3 Å². The van der Waals surface area contributed by atoms with E-state index in [0.717, 1.165) is 11.4 Å². The van der Waals surface area contributed by atoms with Crippen molar-refractivity contribution in [3.05, 3.63) is 47.7 Å². The Morgan fingerprint density at radius 1 is 1.25 bits per heavy atom. The Morgan fingerprint density at radius 3 is 2.85 bits per heavy atom. The Morgan fingerprint density at radius 2 is 2.05 bits per heavy atom. The summed E-state index contributed by atoms with van der Waals surface area (Å²) in [7, 11) is 3.87. The lowest BCUT2D eigenvalue weighted by Gasteiger charge is -2.19. The summed E-state index contributed by atoms with van der Waals surface area (Å²) in [6.45, 7) is 0. The third-order valence-corrected chi connectivity index (χ3v) is 3.59. The van der Waals surface area contributed by atoms with Gasteiger partial charge >= 0.3 is 0 Å². The Labute approximate surface area is 118 Å². The number of hydrogen-bond donors (Lipinski definition) is 2. The van der Waals surface area contributed by atoms with E-state index in [1.54, 1.807) is 6.20 Å². The maximum absolute atomic E-state index is 10.2. The van der Waals surface area contributed by atoms with Crippen molar-refractivity contribution in [3.63, 3.8) is 0 Å². The maximum atomic E-state index is 10.2. The summed E-state index contributed by atoms with van der Waals surface area (Å²) < 4.78 is 0. The van der Waals surface area contributed by atoms with Crippen LogP contribution in [0.1, 0.15) is 17.2 Å². The first-order valence-corrected chi connectivity index (χ1v) is 6.68. The molecule has 0 amide bonds. The third-order valence-electron chi connectivity index (χ3n) is 3.59. The molecule has 0 unspecified atom stereocenters. The van der Waals surface area contributed by atoms with Crippen LogP contribution in [0.3, 0.4) is 0 Å². The molecule has 1 aromatic heterocycles. The molecular weight excluding hydrogens is 252 g/mol. The molecule has 0 aliphatic heterocycles. The van der Waals surface area contributed by atoms with E-state index < -0.39 is 6.10 Å². The number of nitrogens with one attached hydrogen (secondary N) is 1. The molecule has 20 heavy (non-hydrogen) atoms. The van der Waals surface area contributed by atoms with Crippen LogP contribution in [-0.4, -0.2) is 35.3 Å². The number of aromatic nitrogens is 2. The fraction of sp³-hybridized carbons (Fsp3) is 0.333. The molecule has 5 nitrogen and oxygen atoms in total. The Kier molecular flexibility index (Phi) is 3.28. The number of hydrogen-bond acceptors (Lipinski definition) is 5. The van der Waals surface area contributed by atoms with Crippen LogP contribution in [0.2, 0.25) is 0 Å². The third kappa shape index (κ3) is 2.32. The van der Waals surface area contributed by atoms with Crippen molar-refractivity contribution < 1.29 is 5.11 Å². The van der Waals surface area contributed by atoms with Gasteiger partial charge in [-0.05, 0) is 17.2 Å². The van der Waals surface area contributed by atoms with Gasteiger partial charge in [-0.1, -0.05) is 24.3 Å². The first-order valence-electron chi connectivity index (χ1n) is 6.68. The molecule has 1 aliphatic rings. The van der Waals surface area contributed by atoms with Gasteiger partial charge in [-0.3, -0.25) is 0 Å². The van der Waals surface area contributed by atoms with E-state index in [9.17, 15) is 5.11 Å². The highest BCUT2D eigenvalue weighted by Crippen LogP contribution is 2.33. The van der Waals surface area contributed by atoms with E-state index in [4.69, 9.17) is 0 Å². The van der Waals surface area contributed by atoms with Gasteiger partial charge in [0, 0.05) is 26.7 Å². The van der Waals surface area contributed by atoms with Gasteiger partial charge in [-0.15, -0.1) is 0 Å². The van der Waals surface area contributed by atoms with Gasteiger partial charge in [0.15, 0.2) is 0 Å². The molecule has 1 heterocycles. The van der Waals surface area contributed by atoms with Crippen LogP contribution in [0.5, 0.6) is 0 Å². The van der Waals surface area contributed by atoms with Crippen LogP contribution in [0.4, 0.5) is 11.8 Å². The van der Waals surface area contributed by atoms with Gasteiger partial charge in [0.2, 0.25) is 5.95 Å². The normalized spacial score (nSPS) is 20.6. The van der Waals surface area contributed by atoms with Crippen LogP contribution in [0.25, 0.3) is 0 Å². The average molecular weight is 270 g/mol. The SMILES string of the molecule is CN(C)c1ccnc(N[C@H]2c3ccccc3C[C@H]2O)n1. The van der Waals surface area contributed by atoms with E-state index >= 15 is 0 Å². The zero-order valence-corrected chi connectivity index (χ0v) is 11.6. The molecule has 1 aliphatic carbocycles. The van der Waals surface area contributed by atoms with Crippen molar-refractivity contribution in [2.75, 3.05) is 24.3 Å². The zero-order chi connectivity index (χ0) is 14.1. The van der Waals surface area contributed by atoms with Crippen molar-refractivity contribution in [2.24, 2.45) is 0 Å². The molecule has 0 radical (unpaired) electrons. The number of aliphatic hydroxyl groups is 1. The van der Waals surface area contributed by atoms with Gasteiger partial charge in [0.05, 0.1) is 12.1 Å². The number of benzene rings is 1. The highest BCUT2D eigenvalue weighted by molar-refractivity contribution is 5.45. The lowest BCUT2D eigenvalue weighted by Crippen LogP contribution is -2.22. The second-order valence-corrected chi connectivity index (χ2v) is 5.23. The van der Waals surface area contributed by atoms with Crippen molar-refractivity contribution in [1.29, 1.82) is 0 Å². The Balaban J connectivity index is 1.86. The quantitative estimate of drug-likeness (QED) is 0.887. The highest BCUT2D eigenvalue weighted by atomic mass is 16.3. The number of fused-ring (bicyclic) bond motifs is 1. The lowest BCUT2D eigenvalue weighted by atomic mass is 10.1. The number of rotatable bonds is 3. The Bertz CT molecular complexity index is 614. The monoisotopic (exact) mass is 270 g/mol. The molecule has 2 aromatic rings. The highest BCUT2D eigenvalue weighted by Gasteiger charge is 2.31. The van der Waals surface area contributed by atoms with Gasteiger partial charge in [0.25, 0.3) is 0 Å². The first kappa shape index (κ1) is 12.9. The summed E-state index contributed by atoms with van der Waals surface area (Å²) in [6.07, 6.45) is 1.94. The van der Waals surface area contributed by atoms with Crippen molar-refractivity contribution in [2.45, 2.75) is 18.6 Å². The molecule has 0 fully saturated rings. The summed E-state index contributed by atoms with van der Waals surface area (Å²) >= 11 is 0. The van der Waals surface area contributed by atoms with Gasteiger partial charge in [-0.25, -0.2) is 4.98 Å². The van der Waals surface area contributed by atoms with Crippen molar-refractivity contribution in [3.8, 4) is 0 Å². The van der Waals surface area contributed by atoms with Crippen LogP contribution in [0, 0.1) is 0 Å². The summed E-state index contributed by atoms with van der Waals surface area (Å²) in [5.41, 5.74) is 2.31. The predicted molar refractivity (Wildman–Crippen MR) is 78.9 cm³/mol. The van der Waals surface area contributed by atoms with E-state index in [1.165, 1.54) is 5.56 Å². The van der Waals surface area contributed by atoms with Crippen LogP contribution >= 0.6 is 0 Å². The maximum Gasteiger partial charge on any atom is 0.225 e. The molecule has 2 atom stereocenters. The average Bonchev–Trinajstić information content (AvgIpc) is 2.76. The lowest BCUT2D eigenvalue weighted by molar-refractivity contribution is 0.165. The molecule has 0 saturated heterocycles. The van der Waals surface area contributed by atoms with E-state index in [-0.39, 0.29) is 6.04 Å². The number of anilines is 2. The van der Waals surface area contributed by atoms with Crippen LogP contribution in [0.15, 0.2) is 36.5 Å². The van der Waals surface area contributed by atoms with Crippen LogP contribution < -0.4 is 10.2 Å². The second kappa shape index (κ2) is 5.09. The fourth-order valence-corrected chi connectivity index (χ4v) is 2.55. The van der Waals surface area contributed by atoms with Crippen molar-refractivity contribution in [1.82, 2.24) is 9.97 Å². The smallest absolute Gasteiger partial charge is 0.225 e. The first-order chi connectivity index (χ1) is 9.65. The van der Waals surface area contributed by atoms with Gasteiger partial charge in [0.1, 0.15) is 5.82 Å². The molecule has 5 heteroatoms. The van der Waals surface area contributed by atoms with Crippen molar-refractivity contribution >= 4 is 11.8 Å². The minimum Gasteiger partial charge on any atom is -0.390 e. The standard InChI is InChI=1S/C15H18N4O/c1-19(2)13-7-8-16-15(17-13)18-14-11-6-4-3-5-10(11)9-12(14)20/h3-8,12,14,20H,9H2,1-2H3,(H,16,17,18)/t12-,14+/m1/s1. The van der Waals surface area contributed by atoms with Gasteiger partial charge in [-0.2, -0.15) is 4.98 Å². The minimum absolute atomic E-state index is 0.149. The molecular formula is C15H18N4O. The van der Waals surface area contributed by atoms with Crippen LogP contribution in [-0.2, 0) is 6.42 Å². The van der Waals surface area contributed by atoms with Gasteiger partial charge < -0.3 is 15.3 Å². The molecule has 104 valence electrons. The van der Waals surface area contributed by atoms with E-state index in [1.807, 2.05) is 43.3 Å². The molecule has 0 spiro atoms. The number of aliphatic hydroxyl groups excluding tert-OH is 1. The summed E-state index contributed by atoms with van der Waals surface area (Å²) in [5, 5.41) is 13.5. The van der Waals surface area contributed by atoms with E-state index in [2.05, 4.69) is 21.4 Å². The molecule has 2 N–H and O–H groups in total. The molecule has 1 aromatic carbocycles. The predicted octanol–water partition coefficient (Wildman–Crippen LogP) is 1.61. The second-order valence-electron chi connectivity index (χ2n) is 5.23. The minimum atomic E-state index is -0.445. The summed E-state index contributed by atoms with van der Waals surface area (Å²) in [6, 6.07) is 9.78. The molecule has 0 saturated carbocycles. The number of nitrogens with zero attached hydrogens (tertiary/aromatic N) is 3. The largest absolute Gasteiger partial charge is 0.390 e. The fourth-order valence-electron chi connectivity index (χ4n) is 2.55. The summed E-state index contributed by atoms with van der Waals surface area (Å²) in [4.78, 5) is 10.6. The zero-order valence-electron chi connectivity index (χ0n) is 11.6. The van der Waals surface area contributed by atoms with E-state index in [0.29, 0.717) is 12.4 Å². The summed E-state index contributed by atoms with van der Waals surface area (Å²) in [5.74, 6) is 1.38.